The molecule has 1 saturated heterocycles. The van der Waals surface area contributed by atoms with Gasteiger partial charge in [0.25, 0.3) is 6.01 Å². The van der Waals surface area contributed by atoms with Crippen molar-refractivity contribution in [3.05, 3.63) is 36.0 Å². The molecule has 0 unspecified atom stereocenters. The van der Waals surface area contributed by atoms with Crippen molar-refractivity contribution in [2.75, 3.05) is 40.0 Å². The van der Waals surface area contributed by atoms with Crippen molar-refractivity contribution >= 4 is 29.6 Å². The van der Waals surface area contributed by atoms with Gasteiger partial charge < -0.3 is 15.2 Å². The number of amides is 1. The van der Waals surface area contributed by atoms with Gasteiger partial charge in [-0.15, -0.1) is 12.4 Å². The highest BCUT2D eigenvalue weighted by molar-refractivity contribution is 5.93. The summed E-state index contributed by atoms with van der Waals surface area (Å²) in [5, 5.41) is 0. The third-order valence-electron chi connectivity index (χ3n) is 4.81. The molecule has 9 nitrogen and oxygen atoms in total. The number of carbonyl (C=O) groups is 1. The van der Waals surface area contributed by atoms with Crippen LogP contribution in [0.1, 0.15) is 10.4 Å². The number of primary amides is 1. The molecule has 1 amide bonds. The number of hydrogen-bond acceptors (Lipinski definition) is 7. The minimum atomic E-state index is -0.459. The number of carbonyl (C=O) groups excluding carboxylic acids is 1. The number of fused-ring (bicyclic) bond motifs is 1. The van der Waals surface area contributed by atoms with Crippen LogP contribution in [0.3, 0.4) is 0 Å². The number of halogens is 1. The predicted molar refractivity (Wildman–Crippen MR) is 110 cm³/mol. The number of rotatable bonds is 6. The monoisotopic (exact) mass is 418 g/mol. The maximum Gasteiger partial charge on any atom is 0.299 e. The molecule has 0 bridgehead atoms. The zero-order chi connectivity index (χ0) is 19.5. The number of morpholine rings is 1. The van der Waals surface area contributed by atoms with E-state index in [1.165, 1.54) is 0 Å². The first-order valence-corrected chi connectivity index (χ1v) is 9.13. The molecule has 1 aliphatic heterocycles. The van der Waals surface area contributed by atoms with Gasteiger partial charge >= 0.3 is 0 Å². The number of nitrogens with two attached hydrogens (primary N) is 1. The minimum absolute atomic E-state index is 0. The molecule has 1 aliphatic rings. The topological polar surface area (TPSA) is 108 Å². The molecule has 10 heteroatoms. The zero-order valence-electron chi connectivity index (χ0n) is 16.1. The van der Waals surface area contributed by atoms with Crippen molar-refractivity contribution in [1.82, 2.24) is 24.4 Å². The molecule has 0 radical (unpaired) electrons. The van der Waals surface area contributed by atoms with Crippen molar-refractivity contribution in [3.8, 4) is 17.3 Å². The molecule has 0 aliphatic carbocycles. The fourth-order valence-electron chi connectivity index (χ4n) is 3.24. The van der Waals surface area contributed by atoms with Crippen LogP contribution >= 0.6 is 12.4 Å². The number of ether oxygens (including phenoxy) is 2. The molecule has 154 valence electrons. The van der Waals surface area contributed by atoms with Crippen LogP contribution < -0.4 is 10.5 Å². The lowest BCUT2D eigenvalue weighted by atomic mass is 10.1. The van der Waals surface area contributed by atoms with Gasteiger partial charge in [0.15, 0.2) is 5.65 Å². The Morgan fingerprint density at radius 3 is 2.55 bits per heavy atom. The molecule has 29 heavy (non-hydrogen) atoms. The summed E-state index contributed by atoms with van der Waals surface area (Å²) in [7, 11) is 1.59. The molecule has 2 N–H and O–H groups in total. The van der Waals surface area contributed by atoms with E-state index in [0.29, 0.717) is 35.1 Å². The van der Waals surface area contributed by atoms with E-state index in [-0.39, 0.29) is 12.4 Å². The molecular formula is C19H23ClN6O3. The first-order chi connectivity index (χ1) is 13.7. The molecule has 1 aromatic carbocycles. The lowest BCUT2D eigenvalue weighted by molar-refractivity contribution is 0.0362. The highest BCUT2D eigenvalue weighted by Gasteiger charge is 2.17. The molecule has 3 aromatic rings. The van der Waals surface area contributed by atoms with E-state index in [9.17, 15) is 4.79 Å². The third kappa shape index (κ3) is 4.47. The van der Waals surface area contributed by atoms with Gasteiger partial charge in [-0.2, -0.15) is 4.98 Å². The fourth-order valence-corrected chi connectivity index (χ4v) is 3.24. The Hall–Kier alpha value is -2.75. The van der Waals surface area contributed by atoms with Gasteiger partial charge in [-0.3, -0.25) is 14.3 Å². The number of benzene rings is 1. The molecule has 3 heterocycles. The maximum absolute atomic E-state index is 11.3. The predicted octanol–water partition coefficient (Wildman–Crippen LogP) is 1.35. The molecule has 0 spiro atoms. The zero-order valence-corrected chi connectivity index (χ0v) is 16.9. The molecule has 4 rings (SSSR count). The van der Waals surface area contributed by atoms with Crippen LogP contribution in [0.5, 0.6) is 6.01 Å². The van der Waals surface area contributed by atoms with Gasteiger partial charge in [0.05, 0.1) is 32.2 Å². The van der Waals surface area contributed by atoms with Crippen molar-refractivity contribution in [1.29, 1.82) is 0 Å². The number of nitrogens with zero attached hydrogens (tertiary/aromatic N) is 5. The summed E-state index contributed by atoms with van der Waals surface area (Å²) in [6, 6.07) is 7.47. The number of imidazole rings is 1. The second-order valence-electron chi connectivity index (χ2n) is 6.55. The standard InChI is InChI=1S/C19H22N6O3.ClH/c1-27-19-23-17-18(25(19)7-6-24-8-10-28-11-9-24)22-15(12-21-17)13-2-4-14(5-3-13)16(20)26;/h2-5,12H,6-11H2,1H3,(H2,20,26);1H. The maximum atomic E-state index is 11.3. The van der Waals surface area contributed by atoms with Crippen LogP contribution in [0.4, 0.5) is 0 Å². The number of aromatic nitrogens is 4. The van der Waals surface area contributed by atoms with Crippen molar-refractivity contribution < 1.29 is 14.3 Å². The molecular weight excluding hydrogens is 396 g/mol. The van der Waals surface area contributed by atoms with E-state index in [1.807, 2.05) is 16.7 Å². The van der Waals surface area contributed by atoms with Gasteiger partial charge in [-0.1, -0.05) is 12.1 Å². The van der Waals surface area contributed by atoms with E-state index in [4.69, 9.17) is 20.2 Å². The normalized spacial score (nSPS) is 14.5. The van der Waals surface area contributed by atoms with Crippen molar-refractivity contribution in [3.63, 3.8) is 0 Å². The van der Waals surface area contributed by atoms with Gasteiger partial charge in [-0.25, -0.2) is 9.97 Å². The number of methoxy groups -OCH3 is 1. The van der Waals surface area contributed by atoms with Gasteiger partial charge in [0, 0.05) is 37.3 Å². The Morgan fingerprint density at radius 2 is 1.90 bits per heavy atom. The fraction of sp³-hybridized carbons (Fsp3) is 0.368. The lowest BCUT2D eigenvalue weighted by Crippen LogP contribution is -2.38. The Balaban J connectivity index is 0.00000240. The van der Waals surface area contributed by atoms with Crippen LogP contribution in [0.25, 0.3) is 22.6 Å². The molecule has 1 fully saturated rings. The van der Waals surface area contributed by atoms with E-state index in [1.54, 1.807) is 25.4 Å². The summed E-state index contributed by atoms with van der Waals surface area (Å²) in [6.07, 6.45) is 1.67. The van der Waals surface area contributed by atoms with Gasteiger partial charge in [0.2, 0.25) is 11.6 Å². The average molecular weight is 419 g/mol. The second kappa shape index (κ2) is 9.17. The Bertz CT molecular complexity index is 986. The summed E-state index contributed by atoms with van der Waals surface area (Å²) >= 11 is 0. The van der Waals surface area contributed by atoms with Crippen LogP contribution in [-0.2, 0) is 11.3 Å². The summed E-state index contributed by atoms with van der Waals surface area (Å²) in [6.45, 7) is 4.89. The largest absolute Gasteiger partial charge is 0.468 e. The quantitative estimate of drug-likeness (QED) is 0.643. The molecule has 0 atom stereocenters. The van der Waals surface area contributed by atoms with Crippen molar-refractivity contribution in [2.24, 2.45) is 5.73 Å². The van der Waals surface area contributed by atoms with Crippen LogP contribution in [0.15, 0.2) is 30.5 Å². The highest BCUT2D eigenvalue weighted by Crippen LogP contribution is 2.23. The van der Waals surface area contributed by atoms with Crippen LogP contribution in [0, 0.1) is 0 Å². The van der Waals surface area contributed by atoms with Crippen LogP contribution in [-0.4, -0.2) is 70.3 Å². The van der Waals surface area contributed by atoms with Crippen molar-refractivity contribution in [2.45, 2.75) is 6.54 Å². The minimum Gasteiger partial charge on any atom is -0.468 e. The second-order valence-corrected chi connectivity index (χ2v) is 6.55. The summed E-state index contributed by atoms with van der Waals surface area (Å²) in [5.41, 5.74) is 8.51. The highest BCUT2D eigenvalue weighted by atomic mass is 35.5. The van der Waals surface area contributed by atoms with E-state index in [0.717, 1.165) is 38.4 Å². The smallest absolute Gasteiger partial charge is 0.299 e. The Morgan fingerprint density at radius 1 is 1.17 bits per heavy atom. The Labute approximate surface area is 174 Å². The molecule has 0 saturated carbocycles. The average Bonchev–Trinajstić information content (AvgIpc) is 3.10. The SMILES string of the molecule is COc1nc2ncc(-c3ccc(C(N)=O)cc3)nc2n1CCN1CCOCC1.Cl. The molecule has 2 aromatic heterocycles. The third-order valence-corrected chi connectivity index (χ3v) is 4.81. The van der Waals surface area contributed by atoms with Crippen LogP contribution in [0.2, 0.25) is 0 Å². The first kappa shape index (κ1) is 21.0. The van der Waals surface area contributed by atoms with E-state index >= 15 is 0 Å². The lowest BCUT2D eigenvalue weighted by Gasteiger charge is -2.26. The summed E-state index contributed by atoms with van der Waals surface area (Å²) in [5.74, 6) is -0.459. The summed E-state index contributed by atoms with van der Waals surface area (Å²) in [4.78, 5) is 27.2. The Kier molecular flexibility index (Phi) is 6.63. The number of hydrogen-bond donors (Lipinski definition) is 1. The first-order valence-electron chi connectivity index (χ1n) is 9.13. The van der Waals surface area contributed by atoms with E-state index < -0.39 is 5.91 Å². The summed E-state index contributed by atoms with van der Waals surface area (Å²) < 4.78 is 12.8. The van der Waals surface area contributed by atoms with Gasteiger partial charge in [0.1, 0.15) is 0 Å². The van der Waals surface area contributed by atoms with E-state index in [2.05, 4.69) is 14.9 Å². The van der Waals surface area contributed by atoms with Gasteiger partial charge in [-0.05, 0) is 12.1 Å².